The SMILES string of the molecule is CC1(C)c2ccccc2-c2c(-c3cccc4c5cc6ccccc6cc5n(-c5nc(-c6ccc(-c7ccccc7)cc6)nc(-c6ccc(-c7ccccc7)cc6)n5)c34)cccc21.CCC. The lowest BCUT2D eigenvalue weighted by atomic mass is 9.82. The number of hydrogen-bond acceptors (Lipinski definition) is 3. The molecule has 0 aliphatic heterocycles. The van der Waals surface area contributed by atoms with Crippen molar-refractivity contribution in [1.82, 2.24) is 19.5 Å². The summed E-state index contributed by atoms with van der Waals surface area (Å²) in [4.78, 5) is 16.1. The molecule has 2 heterocycles. The van der Waals surface area contributed by atoms with Gasteiger partial charge in [-0.15, -0.1) is 0 Å². The van der Waals surface area contributed by atoms with Crippen LogP contribution in [0.5, 0.6) is 0 Å². The number of fused-ring (bicyclic) bond motifs is 7. The van der Waals surface area contributed by atoms with Gasteiger partial charge in [0.25, 0.3) is 0 Å². The molecule has 312 valence electrons. The first-order chi connectivity index (χ1) is 31.9. The Hall–Kier alpha value is -7.95. The van der Waals surface area contributed by atoms with Crippen LogP contribution in [0.2, 0.25) is 0 Å². The third kappa shape index (κ3) is 6.90. The van der Waals surface area contributed by atoms with Gasteiger partial charge in [0.1, 0.15) is 0 Å². The summed E-state index contributed by atoms with van der Waals surface area (Å²) in [5.74, 6) is 1.79. The van der Waals surface area contributed by atoms with Gasteiger partial charge >= 0.3 is 0 Å². The Morgan fingerprint density at radius 1 is 0.400 bits per heavy atom. The van der Waals surface area contributed by atoms with Crippen molar-refractivity contribution in [3.05, 3.63) is 217 Å². The van der Waals surface area contributed by atoms with Gasteiger partial charge < -0.3 is 0 Å². The van der Waals surface area contributed by atoms with E-state index in [1.165, 1.54) is 39.6 Å². The van der Waals surface area contributed by atoms with E-state index in [9.17, 15) is 0 Å². The zero-order valence-electron chi connectivity index (χ0n) is 37.1. The molecule has 1 aliphatic rings. The lowest BCUT2D eigenvalue weighted by Gasteiger charge is -2.21. The fourth-order valence-corrected chi connectivity index (χ4v) is 9.76. The molecule has 2 aromatic heterocycles. The Balaban J connectivity index is 0.00000152. The lowest BCUT2D eigenvalue weighted by molar-refractivity contribution is 0.660. The fraction of sp³-hybridized carbons (Fsp3) is 0.0984. The van der Waals surface area contributed by atoms with Crippen LogP contribution in [-0.4, -0.2) is 19.5 Å². The molecule has 4 heteroatoms. The van der Waals surface area contributed by atoms with Crippen molar-refractivity contribution in [2.75, 3.05) is 0 Å². The first kappa shape index (κ1) is 39.9. The van der Waals surface area contributed by atoms with Gasteiger partial charge in [0.05, 0.1) is 11.0 Å². The van der Waals surface area contributed by atoms with E-state index in [1.54, 1.807) is 0 Å². The molecule has 0 bridgehead atoms. The van der Waals surface area contributed by atoms with E-state index in [1.807, 2.05) is 12.1 Å². The maximum Gasteiger partial charge on any atom is 0.238 e. The highest BCUT2D eigenvalue weighted by Crippen LogP contribution is 2.53. The Bertz CT molecular complexity index is 3430. The van der Waals surface area contributed by atoms with Crippen LogP contribution < -0.4 is 0 Å². The number of benzene rings is 9. The van der Waals surface area contributed by atoms with E-state index in [2.05, 4.69) is 226 Å². The highest BCUT2D eigenvalue weighted by Gasteiger charge is 2.37. The second kappa shape index (κ2) is 16.3. The molecule has 0 saturated carbocycles. The van der Waals surface area contributed by atoms with Gasteiger partial charge in [0, 0.05) is 32.9 Å². The summed E-state index contributed by atoms with van der Waals surface area (Å²) in [6.45, 7) is 8.94. The molecule has 9 aromatic carbocycles. The van der Waals surface area contributed by atoms with Gasteiger partial charge in [0.15, 0.2) is 11.6 Å². The maximum absolute atomic E-state index is 5.43. The average Bonchev–Trinajstić information content (AvgIpc) is 3.81. The van der Waals surface area contributed by atoms with Crippen LogP contribution in [0.4, 0.5) is 0 Å². The predicted molar refractivity (Wildman–Crippen MR) is 272 cm³/mol. The molecular formula is C61H48N4. The van der Waals surface area contributed by atoms with Crippen molar-refractivity contribution in [3.8, 4) is 73.2 Å². The van der Waals surface area contributed by atoms with E-state index in [-0.39, 0.29) is 5.41 Å². The van der Waals surface area contributed by atoms with Crippen molar-refractivity contribution < 1.29 is 0 Å². The van der Waals surface area contributed by atoms with Gasteiger partial charge in [-0.1, -0.05) is 228 Å². The van der Waals surface area contributed by atoms with Gasteiger partial charge in [-0.2, -0.15) is 9.97 Å². The zero-order chi connectivity index (χ0) is 44.1. The highest BCUT2D eigenvalue weighted by molar-refractivity contribution is 6.17. The first-order valence-corrected chi connectivity index (χ1v) is 22.7. The summed E-state index contributed by atoms with van der Waals surface area (Å²) < 4.78 is 2.29. The molecule has 0 saturated heterocycles. The fourth-order valence-electron chi connectivity index (χ4n) is 9.76. The summed E-state index contributed by atoms with van der Waals surface area (Å²) in [5.41, 5.74) is 16.0. The molecule has 0 radical (unpaired) electrons. The molecule has 65 heavy (non-hydrogen) atoms. The molecule has 0 atom stereocenters. The van der Waals surface area contributed by atoms with Crippen molar-refractivity contribution >= 4 is 32.6 Å². The second-order valence-corrected chi connectivity index (χ2v) is 17.5. The molecule has 4 nitrogen and oxygen atoms in total. The van der Waals surface area contributed by atoms with E-state index in [4.69, 9.17) is 15.0 Å². The van der Waals surface area contributed by atoms with Crippen LogP contribution in [0.25, 0.3) is 106 Å². The largest absolute Gasteiger partial charge is 0.277 e. The van der Waals surface area contributed by atoms with Crippen LogP contribution in [0.1, 0.15) is 45.2 Å². The van der Waals surface area contributed by atoms with E-state index >= 15 is 0 Å². The Kier molecular flexibility index (Phi) is 10.0. The average molecular weight is 837 g/mol. The van der Waals surface area contributed by atoms with E-state index in [0.29, 0.717) is 17.6 Å². The molecule has 0 N–H and O–H groups in total. The topological polar surface area (TPSA) is 43.6 Å². The van der Waals surface area contributed by atoms with Gasteiger partial charge in [-0.3, -0.25) is 4.57 Å². The van der Waals surface area contributed by atoms with Crippen LogP contribution >= 0.6 is 0 Å². The number of para-hydroxylation sites is 1. The van der Waals surface area contributed by atoms with Crippen LogP contribution in [0.3, 0.4) is 0 Å². The van der Waals surface area contributed by atoms with Crippen molar-refractivity contribution in [1.29, 1.82) is 0 Å². The number of nitrogens with zero attached hydrogens (tertiary/aromatic N) is 4. The minimum atomic E-state index is -0.135. The molecule has 0 amide bonds. The molecule has 0 unspecified atom stereocenters. The van der Waals surface area contributed by atoms with Crippen LogP contribution in [-0.2, 0) is 5.41 Å². The van der Waals surface area contributed by atoms with Crippen LogP contribution in [0, 0.1) is 0 Å². The predicted octanol–water partition coefficient (Wildman–Crippen LogP) is 16.2. The number of aromatic nitrogens is 4. The first-order valence-electron chi connectivity index (χ1n) is 22.7. The minimum Gasteiger partial charge on any atom is -0.277 e. The normalized spacial score (nSPS) is 12.5. The Labute approximate surface area is 380 Å². The minimum absolute atomic E-state index is 0.135. The quantitative estimate of drug-likeness (QED) is 0.168. The second-order valence-electron chi connectivity index (χ2n) is 17.5. The van der Waals surface area contributed by atoms with Gasteiger partial charge in [-0.05, 0) is 73.0 Å². The number of hydrogen-bond donors (Lipinski definition) is 0. The van der Waals surface area contributed by atoms with Crippen molar-refractivity contribution in [2.24, 2.45) is 0 Å². The van der Waals surface area contributed by atoms with Crippen molar-refractivity contribution in [2.45, 2.75) is 39.5 Å². The van der Waals surface area contributed by atoms with Gasteiger partial charge in [-0.25, -0.2) is 4.98 Å². The summed E-state index contributed by atoms with van der Waals surface area (Å²) in [7, 11) is 0. The Morgan fingerprint density at radius 3 is 1.48 bits per heavy atom. The standard InChI is InChI=1S/C58H40N4.C3H8/c1-58(2)50-25-12-11-21-48(50)53-45(22-14-26-51(53)58)46-23-13-24-47-49-35-43-19-9-10-20-44(43)36-52(49)62(54(46)47)57-60-55(41-31-27-39(28-32-41)37-15-5-3-6-16-37)59-56(61-57)42-33-29-40(30-34-42)38-17-7-4-8-18-38;1-3-2/h3-36H,1-2H3;3H2,1-2H3. The van der Waals surface area contributed by atoms with Gasteiger partial charge in [0.2, 0.25) is 5.95 Å². The van der Waals surface area contributed by atoms with E-state index < -0.39 is 0 Å². The molecule has 11 aromatic rings. The smallest absolute Gasteiger partial charge is 0.238 e. The molecule has 0 fully saturated rings. The highest BCUT2D eigenvalue weighted by atomic mass is 15.2. The summed E-state index contributed by atoms with van der Waals surface area (Å²) >= 11 is 0. The van der Waals surface area contributed by atoms with E-state index in [0.717, 1.165) is 66.1 Å². The molecule has 0 spiro atoms. The van der Waals surface area contributed by atoms with Crippen LogP contribution in [0.15, 0.2) is 206 Å². The lowest BCUT2D eigenvalue weighted by Crippen LogP contribution is -2.14. The molecular weight excluding hydrogens is 789 g/mol. The Morgan fingerprint density at radius 2 is 0.862 bits per heavy atom. The summed E-state index contributed by atoms with van der Waals surface area (Å²) in [6, 6.07) is 73.7. The summed E-state index contributed by atoms with van der Waals surface area (Å²) in [6.07, 6.45) is 1.25. The third-order valence-corrected chi connectivity index (χ3v) is 12.9. The third-order valence-electron chi connectivity index (χ3n) is 12.9. The maximum atomic E-state index is 5.43. The zero-order valence-corrected chi connectivity index (χ0v) is 37.1. The monoisotopic (exact) mass is 836 g/mol. The summed E-state index contributed by atoms with van der Waals surface area (Å²) in [5, 5.41) is 4.64. The number of rotatable bonds is 6. The van der Waals surface area contributed by atoms with Crippen molar-refractivity contribution in [3.63, 3.8) is 0 Å². The molecule has 12 rings (SSSR count). The molecule has 1 aliphatic carbocycles.